The van der Waals surface area contributed by atoms with Crippen molar-refractivity contribution in [2.45, 2.75) is 19.9 Å². The van der Waals surface area contributed by atoms with Gasteiger partial charge in [0.2, 0.25) is 11.8 Å². The highest BCUT2D eigenvalue weighted by molar-refractivity contribution is 6.18. The molecule has 1 heterocycles. The maximum Gasteiger partial charge on any atom is 0.246 e. The summed E-state index contributed by atoms with van der Waals surface area (Å²) < 4.78 is 4.78. The second-order valence-electron chi connectivity index (χ2n) is 2.45. The molecule has 1 amide bonds. The van der Waals surface area contributed by atoms with Gasteiger partial charge in [0, 0.05) is 12.3 Å². The van der Waals surface area contributed by atoms with E-state index in [9.17, 15) is 4.79 Å². The molecule has 0 radical (unpaired) electrons. The first-order valence-corrected chi connectivity index (χ1v) is 4.37. The number of nitrogens with zero attached hydrogens (tertiary/aromatic N) is 2. The average molecular weight is 204 g/mol. The van der Waals surface area contributed by atoms with E-state index >= 15 is 0 Å². The Morgan fingerprint density at radius 2 is 2.46 bits per heavy atom. The largest absolute Gasteiger partial charge is 0.347 e. The molecule has 0 aliphatic carbocycles. The number of halogens is 1. The molecule has 0 aliphatic rings. The minimum Gasteiger partial charge on any atom is -0.347 e. The third-order valence-electron chi connectivity index (χ3n) is 1.33. The van der Waals surface area contributed by atoms with Crippen LogP contribution in [0.2, 0.25) is 0 Å². The fourth-order valence-corrected chi connectivity index (χ4v) is 0.932. The van der Waals surface area contributed by atoms with Crippen molar-refractivity contribution in [1.29, 1.82) is 0 Å². The van der Waals surface area contributed by atoms with E-state index in [1.54, 1.807) is 6.92 Å². The van der Waals surface area contributed by atoms with Gasteiger partial charge in [0.15, 0.2) is 5.82 Å². The fourth-order valence-electron chi connectivity index (χ4n) is 0.760. The van der Waals surface area contributed by atoms with Gasteiger partial charge in [0.1, 0.15) is 0 Å². The fraction of sp³-hybridized carbons (Fsp3) is 0.571. The van der Waals surface area contributed by atoms with Gasteiger partial charge in [-0.05, 0) is 6.92 Å². The number of hydrogen-bond acceptors (Lipinski definition) is 4. The summed E-state index contributed by atoms with van der Waals surface area (Å²) in [6.07, 6.45) is 0.300. The zero-order valence-electron chi connectivity index (χ0n) is 7.21. The zero-order valence-corrected chi connectivity index (χ0v) is 7.97. The van der Waals surface area contributed by atoms with Crippen molar-refractivity contribution >= 4 is 17.5 Å². The molecule has 1 aromatic heterocycles. The van der Waals surface area contributed by atoms with Crippen molar-refractivity contribution in [3.05, 3.63) is 11.7 Å². The van der Waals surface area contributed by atoms with E-state index in [1.165, 1.54) is 0 Å². The summed E-state index contributed by atoms with van der Waals surface area (Å²) in [6.45, 7) is 1.98. The van der Waals surface area contributed by atoms with Crippen molar-refractivity contribution in [3.8, 4) is 0 Å². The monoisotopic (exact) mass is 203 g/mol. The summed E-state index contributed by atoms with van der Waals surface area (Å²) in [5.74, 6) is 1.15. The normalized spacial score (nSPS) is 10.0. The maximum absolute atomic E-state index is 10.9. The maximum atomic E-state index is 10.9. The molecule has 0 aromatic carbocycles. The molecule has 0 unspecified atom stereocenters. The zero-order chi connectivity index (χ0) is 9.68. The van der Waals surface area contributed by atoms with Crippen LogP contribution in [0.15, 0.2) is 4.52 Å². The molecule has 1 N–H and O–H groups in total. The SMILES string of the molecule is Cc1noc(CNC(=O)CCCl)n1. The van der Waals surface area contributed by atoms with Crippen LogP contribution >= 0.6 is 11.6 Å². The summed E-state index contributed by atoms with van der Waals surface area (Å²) in [7, 11) is 0. The Hall–Kier alpha value is -1.10. The molecule has 0 saturated heterocycles. The molecule has 0 saturated carbocycles. The van der Waals surface area contributed by atoms with Crippen molar-refractivity contribution in [3.63, 3.8) is 0 Å². The number of carbonyl (C=O) groups is 1. The van der Waals surface area contributed by atoms with Crippen molar-refractivity contribution in [2.75, 3.05) is 5.88 Å². The van der Waals surface area contributed by atoms with Crippen LogP contribution in [0.3, 0.4) is 0 Å². The van der Waals surface area contributed by atoms with Crippen LogP contribution in [0.5, 0.6) is 0 Å². The van der Waals surface area contributed by atoms with Gasteiger partial charge in [-0.1, -0.05) is 5.16 Å². The van der Waals surface area contributed by atoms with Crippen molar-refractivity contribution < 1.29 is 9.32 Å². The number of amides is 1. The molecule has 0 aliphatic heterocycles. The van der Waals surface area contributed by atoms with Gasteiger partial charge >= 0.3 is 0 Å². The highest BCUT2D eigenvalue weighted by Gasteiger charge is 2.04. The first-order chi connectivity index (χ1) is 6.22. The van der Waals surface area contributed by atoms with Gasteiger partial charge in [-0.25, -0.2) is 0 Å². The molecule has 0 spiro atoms. The van der Waals surface area contributed by atoms with Gasteiger partial charge in [-0.15, -0.1) is 11.6 Å². The lowest BCUT2D eigenvalue weighted by Gasteiger charge is -1.98. The number of rotatable bonds is 4. The van der Waals surface area contributed by atoms with E-state index in [4.69, 9.17) is 16.1 Å². The summed E-state index contributed by atoms with van der Waals surface area (Å²) >= 11 is 5.37. The highest BCUT2D eigenvalue weighted by Crippen LogP contribution is 1.95. The number of carbonyl (C=O) groups excluding carboxylic acids is 1. The highest BCUT2D eigenvalue weighted by atomic mass is 35.5. The first-order valence-electron chi connectivity index (χ1n) is 3.84. The van der Waals surface area contributed by atoms with Gasteiger partial charge in [0.25, 0.3) is 0 Å². The van der Waals surface area contributed by atoms with Gasteiger partial charge in [-0.3, -0.25) is 4.79 Å². The molecule has 6 heteroatoms. The van der Waals surface area contributed by atoms with Crippen LogP contribution in [-0.2, 0) is 11.3 Å². The number of hydrogen-bond donors (Lipinski definition) is 1. The molecule has 1 rings (SSSR count). The van der Waals surface area contributed by atoms with Crippen LogP contribution in [0.1, 0.15) is 18.1 Å². The molecule has 0 atom stereocenters. The van der Waals surface area contributed by atoms with Crippen molar-refractivity contribution in [2.24, 2.45) is 0 Å². The Balaban J connectivity index is 2.30. The standard InChI is InChI=1S/C7H10ClN3O2/c1-5-10-7(13-11-5)4-9-6(12)2-3-8/h2-4H2,1H3,(H,9,12). The Morgan fingerprint density at radius 1 is 1.69 bits per heavy atom. The third-order valence-corrected chi connectivity index (χ3v) is 1.52. The second-order valence-corrected chi connectivity index (χ2v) is 2.83. The Bertz CT molecular complexity index is 287. The number of aromatic nitrogens is 2. The van der Waals surface area contributed by atoms with Gasteiger partial charge < -0.3 is 9.84 Å². The molecule has 13 heavy (non-hydrogen) atoms. The molecule has 0 fully saturated rings. The Labute approximate surface area is 80.5 Å². The lowest BCUT2D eigenvalue weighted by Crippen LogP contribution is -2.22. The van der Waals surface area contributed by atoms with Crippen LogP contribution < -0.4 is 5.32 Å². The molecular formula is C7H10ClN3O2. The quantitative estimate of drug-likeness (QED) is 0.729. The number of aryl methyl sites for hydroxylation is 1. The van der Waals surface area contributed by atoms with E-state index < -0.39 is 0 Å². The lowest BCUT2D eigenvalue weighted by atomic mass is 10.4. The Morgan fingerprint density at radius 3 is 3.00 bits per heavy atom. The molecule has 1 aromatic rings. The predicted molar refractivity (Wildman–Crippen MR) is 46.2 cm³/mol. The van der Waals surface area contributed by atoms with Crippen molar-refractivity contribution in [1.82, 2.24) is 15.5 Å². The van der Waals surface area contributed by atoms with E-state index in [1.807, 2.05) is 0 Å². The topological polar surface area (TPSA) is 68.0 Å². The lowest BCUT2D eigenvalue weighted by molar-refractivity contribution is -0.120. The minimum atomic E-state index is -0.120. The van der Waals surface area contributed by atoms with E-state index in [2.05, 4.69) is 15.5 Å². The van der Waals surface area contributed by atoms with Gasteiger partial charge in [-0.2, -0.15) is 4.98 Å². The molecule has 72 valence electrons. The predicted octanol–water partition coefficient (Wildman–Crippen LogP) is 0.623. The summed E-state index contributed by atoms with van der Waals surface area (Å²) in [5, 5.41) is 6.17. The minimum absolute atomic E-state index is 0.120. The van der Waals surface area contributed by atoms with E-state index in [0.717, 1.165) is 0 Å². The summed E-state index contributed by atoms with van der Waals surface area (Å²) in [4.78, 5) is 14.9. The average Bonchev–Trinajstić information content (AvgIpc) is 2.49. The number of alkyl halides is 1. The molecular weight excluding hydrogens is 194 g/mol. The molecule has 0 bridgehead atoms. The van der Waals surface area contributed by atoms with Crippen LogP contribution in [0.25, 0.3) is 0 Å². The summed E-state index contributed by atoms with van der Waals surface area (Å²) in [6, 6.07) is 0. The Kier molecular flexibility index (Phi) is 3.70. The summed E-state index contributed by atoms with van der Waals surface area (Å²) in [5.41, 5.74) is 0. The van der Waals surface area contributed by atoms with E-state index in [-0.39, 0.29) is 12.5 Å². The smallest absolute Gasteiger partial charge is 0.246 e. The van der Waals surface area contributed by atoms with Crippen LogP contribution in [0, 0.1) is 6.92 Å². The number of nitrogens with one attached hydrogen (secondary N) is 1. The molecule has 5 nitrogen and oxygen atoms in total. The van der Waals surface area contributed by atoms with Crippen LogP contribution in [0.4, 0.5) is 0 Å². The van der Waals surface area contributed by atoms with Crippen LogP contribution in [-0.4, -0.2) is 21.9 Å². The first kappa shape index (κ1) is 9.98. The third kappa shape index (κ3) is 3.42. The van der Waals surface area contributed by atoms with E-state index in [0.29, 0.717) is 24.0 Å². The second kappa shape index (κ2) is 4.81. The van der Waals surface area contributed by atoms with Gasteiger partial charge in [0.05, 0.1) is 6.54 Å².